The normalized spacial score (nSPS) is 26.8. The maximum atomic E-state index is 10.2. The Hall–Kier alpha value is -0.570. The Labute approximate surface area is 54.8 Å². The molecule has 2 N–H and O–H groups in total. The van der Waals surface area contributed by atoms with Crippen LogP contribution < -0.4 is 5.73 Å². The van der Waals surface area contributed by atoms with Crippen LogP contribution in [0.15, 0.2) is 0 Å². The summed E-state index contributed by atoms with van der Waals surface area (Å²) in [6, 6.07) is 0.322. The van der Waals surface area contributed by atoms with Gasteiger partial charge in [-0.15, -0.1) is 0 Å². The molecule has 0 bridgehead atoms. The van der Waals surface area contributed by atoms with Crippen molar-refractivity contribution in [3.63, 3.8) is 0 Å². The summed E-state index contributed by atoms with van der Waals surface area (Å²) in [6.45, 7) is 1.50. The maximum Gasteiger partial charge on any atom is 0.209 e. The summed E-state index contributed by atoms with van der Waals surface area (Å²) in [5.41, 5.74) is 5.40. The fourth-order valence-corrected chi connectivity index (χ4v) is 1.25. The molecule has 3 heteroatoms. The molecule has 1 rings (SSSR count). The van der Waals surface area contributed by atoms with Gasteiger partial charge in [0.25, 0.3) is 0 Å². The van der Waals surface area contributed by atoms with E-state index in [0.29, 0.717) is 12.6 Å². The van der Waals surface area contributed by atoms with Crippen LogP contribution in [0.3, 0.4) is 0 Å². The number of hydrogen-bond donors (Lipinski definition) is 1. The number of likely N-dealkylation sites (tertiary alicyclic amines) is 1. The zero-order valence-electron chi connectivity index (χ0n) is 5.42. The fourth-order valence-electron chi connectivity index (χ4n) is 1.25. The van der Waals surface area contributed by atoms with Crippen molar-refractivity contribution >= 4 is 6.41 Å². The van der Waals surface area contributed by atoms with Gasteiger partial charge >= 0.3 is 0 Å². The lowest BCUT2D eigenvalue weighted by molar-refractivity contribution is -0.118. The first-order valence-electron chi connectivity index (χ1n) is 3.29. The third-order valence-corrected chi connectivity index (χ3v) is 1.83. The van der Waals surface area contributed by atoms with Gasteiger partial charge in [0.05, 0.1) is 0 Å². The average molecular weight is 128 g/mol. The second kappa shape index (κ2) is 2.82. The molecule has 1 atom stereocenters. The van der Waals surface area contributed by atoms with Gasteiger partial charge in [-0.2, -0.15) is 0 Å². The van der Waals surface area contributed by atoms with Crippen molar-refractivity contribution in [2.75, 3.05) is 13.1 Å². The minimum Gasteiger partial charge on any atom is -0.341 e. The standard InChI is InChI=1S/C6H12N2O/c7-4-6-2-1-3-8(6)5-9/h5-6H,1-4,7H2/t6-/m0/s1. The zero-order valence-corrected chi connectivity index (χ0v) is 5.42. The summed E-state index contributed by atoms with van der Waals surface area (Å²) in [4.78, 5) is 12.0. The Balaban J connectivity index is 2.41. The molecule has 0 aromatic carbocycles. The van der Waals surface area contributed by atoms with Crippen LogP contribution in [0.4, 0.5) is 0 Å². The minimum absolute atomic E-state index is 0.322. The molecule has 0 aliphatic carbocycles. The predicted octanol–water partition coefficient (Wildman–Crippen LogP) is -0.434. The molecule has 0 saturated carbocycles. The number of hydrogen-bond acceptors (Lipinski definition) is 2. The highest BCUT2D eigenvalue weighted by molar-refractivity contribution is 5.48. The first-order chi connectivity index (χ1) is 4.38. The van der Waals surface area contributed by atoms with Gasteiger partial charge in [0.15, 0.2) is 0 Å². The van der Waals surface area contributed by atoms with Crippen LogP contribution in [-0.4, -0.2) is 30.4 Å². The molecule has 1 aliphatic heterocycles. The first-order valence-corrected chi connectivity index (χ1v) is 3.29. The highest BCUT2D eigenvalue weighted by Gasteiger charge is 2.20. The number of rotatable bonds is 2. The molecule has 9 heavy (non-hydrogen) atoms. The van der Waals surface area contributed by atoms with Crippen molar-refractivity contribution in [2.45, 2.75) is 18.9 Å². The van der Waals surface area contributed by atoms with E-state index in [2.05, 4.69) is 0 Å². The van der Waals surface area contributed by atoms with Crippen molar-refractivity contribution in [1.29, 1.82) is 0 Å². The van der Waals surface area contributed by atoms with Crippen molar-refractivity contribution in [1.82, 2.24) is 4.90 Å². The summed E-state index contributed by atoms with van der Waals surface area (Å²) in [5.74, 6) is 0. The Morgan fingerprint density at radius 3 is 3.00 bits per heavy atom. The Kier molecular flexibility index (Phi) is 2.05. The van der Waals surface area contributed by atoms with E-state index in [-0.39, 0.29) is 0 Å². The first kappa shape index (κ1) is 6.55. The highest BCUT2D eigenvalue weighted by Crippen LogP contribution is 2.12. The van der Waals surface area contributed by atoms with Gasteiger partial charge in [0.1, 0.15) is 0 Å². The van der Waals surface area contributed by atoms with Gasteiger partial charge in [-0.3, -0.25) is 4.79 Å². The molecule has 0 unspecified atom stereocenters. The molecule has 0 spiro atoms. The molecular weight excluding hydrogens is 116 g/mol. The molecule has 1 amide bonds. The number of carbonyl (C=O) groups excluding carboxylic acids is 1. The van der Waals surface area contributed by atoms with Gasteiger partial charge in [0, 0.05) is 19.1 Å². The smallest absolute Gasteiger partial charge is 0.209 e. The summed E-state index contributed by atoms with van der Waals surface area (Å²) in [6.07, 6.45) is 3.08. The van der Waals surface area contributed by atoms with Crippen molar-refractivity contribution < 1.29 is 4.79 Å². The second-order valence-corrected chi connectivity index (χ2v) is 2.37. The van der Waals surface area contributed by atoms with Crippen molar-refractivity contribution in [3.8, 4) is 0 Å². The van der Waals surface area contributed by atoms with Gasteiger partial charge in [-0.05, 0) is 12.8 Å². The van der Waals surface area contributed by atoms with Crippen LogP contribution in [0.25, 0.3) is 0 Å². The number of nitrogens with zero attached hydrogens (tertiary/aromatic N) is 1. The molecule has 52 valence electrons. The number of amides is 1. The molecule has 1 saturated heterocycles. The topological polar surface area (TPSA) is 46.3 Å². The molecule has 3 nitrogen and oxygen atoms in total. The molecule has 1 fully saturated rings. The summed E-state index contributed by atoms with van der Waals surface area (Å²) >= 11 is 0. The Morgan fingerprint density at radius 1 is 1.78 bits per heavy atom. The van der Waals surface area contributed by atoms with E-state index < -0.39 is 0 Å². The van der Waals surface area contributed by atoms with Crippen LogP contribution in [0, 0.1) is 0 Å². The highest BCUT2D eigenvalue weighted by atomic mass is 16.1. The molecule has 1 aliphatic rings. The monoisotopic (exact) mass is 128 g/mol. The molecule has 0 radical (unpaired) electrons. The van der Waals surface area contributed by atoms with E-state index >= 15 is 0 Å². The van der Waals surface area contributed by atoms with E-state index in [0.717, 1.165) is 25.8 Å². The van der Waals surface area contributed by atoms with Crippen LogP contribution in [0.2, 0.25) is 0 Å². The summed E-state index contributed by atoms with van der Waals surface area (Å²) < 4.78 is 0. The largest absolute Gasteiger partial charge is 0.341 e. The molecular formula is C6H12N2O. The quantitative estimate of drug-likeness (QED) is 0.513. The lowest BCUT2D eigenvalue weighted by Gasteiger charge is -2.16. The van der Waals surface area contributed by atoms with Crippen LogP contribution in [0.5, 0.6) is 0 Å². The third kappa shape index (κ3) is 1.21. The van der Waals surface area contributed by atoms with Crippen molar-refractivity contribution in [3.05, 3.63) is 0 Å². The minimum atomic E-state index is 0.322. The van der Waals surface area contributed by atoms with Gasteiger partial charge in [0.2, 0.25) is 6.41 Å². The van der Waals surface area contributed by atoms with E-state index in [4.69, 9.17) is 5.73 Å². The SMILES string of the molecule is NC[C@@H]1CCCN1C=O. The Bertz CT molecular complexity index is 105. The van der Waals surface area contributed by atoms with Crippen LogP contribution in [0.1, 0.15) is 12.8 Å². The molecule has 0 aromatic rings. The van der Waals surface area contributed by atoms with Crippen molar-refractivity contribution in [2.24, 2.45) is 5.73 Å². The van der Waals surface area contributed by atoms with E-state index in [1.54, 1.807) is 4.90 Å². The number of nitrogens with two attached hydrogens (primary N) is 1. The van der Waals surface area contributed by atoms with Crippen LogP contribution >= 0.6 is 0 Å². The zero-order chi connectivity index (χ0) is 6.69. The van der Waals surface area contributed by atoms with E-state index in [1.807, 2.05) is 0 Å². The molecule has 0 aromatic heterocycles. The number of carbonyl (C=O) groups is 1. The predicted molar refractivity (Wildman–Crippen MR) is 34.8 cm³/mol. The third-order valence-electron chi connectivity index (χ3n) is 1.83. The van der Waals surface area contributed by atoms with Gasteiger partial charge in [-0.25, -0.2) is 0 Å². The Morgan fingerprint density at radius 2 is 2.56 bits per heavy atom. The lowest BCUT2D eigenvalue weighted by Crippen LogP contribution is -2.34. The lowest BCUT2D eigenvalue weighted by atomic mass is 10.2. The summed E-state index contributed by atoms with van der Waals surface area (Å²) in [7, 11) is 0. The average Bonchev–Trinajstić information content (AvgIpc) is 2.33. The van der Waals surface area contributed by atoms with Gasteiger partial charge < -0.3 is 10.6 Å². The van der Waals surface area contributed by atoms with Gasteiger partial charge in [-0.1, -0.05) is 0 Å². The maximum absolute atomic E-state index is 10.2. The van der Waals surface area contributed by atoms with E-state index in [9.17, 15) is 4.79 Å². The van der Waals surface area contributed by atoms with E-state index in [1.165, 1.54) is 0 Å². The fraction of sp³-hybridized carbons (Fsp3) is 0.833. The molecule has 1 heterocycles. The second-order valence-electron chi connectivity index (χ2n) is 2.37. The summed E-state index contributed by atoms with van der Waals surface area (Å²) in [5, 5.41) is 0. The van der Waals surface area contributed by atoms with Crippen LogP contribution in [-0.2, 0) is 4.79 Å².